The molecule has 0 saturated heterocycles. The molecular formula is C22H16O2. The van der Waals surface area contributed by atoms with E-state index in [1.54, 1.807) is 12.1 Å². The first-order valence-electron chi connectivity index (χ1n) is 7.92. The number of carbonyl (C=O) groups excluding carboxylic acids is 1. The molecule has 4 aromatic rings. The number of hydrogen-bond acceptors (Lipinski definition) is 2. The number of esters is 1. The standard InChI is InChI=1S/C22H16O2/c1-15-10-12-16(13-11-15)22(23)24-21-19-8-4-2-6-17(19)14-18-7-3-5-9-20(18)21/h2-14H,1H3. The van der Waals surface area contributed by atoms with Gasteiger partial charge in [0.05, 0.1) is 5.56 Å². The molecule has 0 unspecified atom stereocenters. The number of hydrogen-bond donors (Lipinski definition) is 0. The van der Waals surface area contributed by atoms with Crippen molar-refractivity contribution in [2.45, 2.75) is 6.92 Å². The zero-order chi connectivity index (χ0) is 16.5. The molecule has 24 heavy (non-hydrogen) atoms. The molecule has 0 saturated carbocycles. The molecule has 4 rings (SSSR count). The minimum absolute atomic E-state index is 0.337. The van der Waals surface area contributed by atoms with Gasteiger partial charge in [-0.2, -0.15) is 0 Å². The van der Waals surface area contributed by atoms with Crippen LogP contribution in [0, 0.1) is 6.92 Å². The Bertz CT molecular complexity index is 992. The molecule has 0 radical (unpaired) electrons. The van der Waals surface area contributed by atoms with Crippen LogP contribution >= 0.6 is 0 Å². The van der Waals surface area contributed by atoms with Crippen molar-refractivity contribution in [2.75, 3.05) is 0 Å². The lowest BCUT2D eigenvalue weighted by molar-refractivity contribution is 0.0739. The van der Waals surface area contributed by atoms with E-state index in [1.807, 2.05) is 67.6 Å². The monoisotopic (exact) mass is 312 g/mol. The van der Waals surface area contributed by atoms with Gasteiger partial charge in [0.15, 0.2) is 0 Å². The topological polar surface area (TPSA) is 26.3 Å². The van der Waals surface area contributed by atoms with Crippen LogP contribution in [0.5, 0.6) is 5.75 Å². The molecule has 0 atom stereocenters. The third-order valence-electron chi connectivity index (χ3n) is 4.20. The highest BCUT2D eigenvalue weighted by atomic mass is 16.5. The summed E-state index contributed by atoms with van der Waals surface area (Å²) in [6, 6.07) is 25.5. The highest BCUT2D eigenvalue weighted by Crippen LogP contribution is 2.35. The van der Waals surface area contributed by atoms with Gasteiger partial charge in [-0.25, -0.2) is 4.79 Å². The van der Waals surface area contributed by atoms with Crippen LogP contribution in [0.3, 0.4) is 0 Å². The van der Waals surface area contributed by atoms with Crippen LogP contribution < -0.4 is 4.74 Å². The highest BCUT2D eigenvalue weighted by Gasteiger charge is 2.14. The first kappa shape index (κ1) is 14.5. The van der Waals surface area contributed by atoms with E-state index in [4.69, 9.17) is 4.74 Å². The summed E-state index contributed by atoms with van der Waals surface area (Å²) in [6.45, 7) is 1.99. The van der Waals surface area contributed by atoms with Crippen LogP contribution in [0.1, 0.15) is 15.9 Å². The molecule has 2 heteroatoms. The van der Waals surface area contributed by atoms with Crippen LogP contribution in [-0.2, 0) is 0 Å². The Balaban J connectivity index is 1.87. The summed E-state index contributed by atoms with van der Waals surface area (Å²) >= 11 is 0. The molecule has 0 amide bonds. The molecule has 4 aromatic carbocycles. The SMILES string of the molecule is Cc1ccc(C(=O)Oc2c3ccccc3cc3ccccc23)cc1. The Morgan fingerprint density at radius 3 is 1.88 bits per heavy atom. The van der Waals surface area contributed by atoms with Gasteiger partial charge in [0, 0.05) is 10.8 Å². The van der Waals surface area contributed by atoms with E-state index in [9.17, 15) is 4.79 Å². The summed E-state index contributed by atoms with van der Waals surface area (Å²) in [5.74, 6) is 0.283. The lowest BCUT2D eigenvalue weighted by atomic mass is 10.0. The summed E-state index contributed by atoms with van der Waals surface area (Å²) in [5.41, 5.74) is 1.67. The molecule has 116 valence electrons. The molecule has 0 aliphatic carbocycles. The number of aryl methyl sites for hydroxylation is 1. The zero-order valence-electron chi connectivity index (χ0n) is 13.3. The summed E-state index contributed by atoms with van der Waals surface area (Å²) < 4.78 is 5.83. The van der Waals surface area contributed by atoms with Crippen molar-refractivity contribution in [3.63, 3.8) is 0 Å². The predicted molar refractivity (Wildman–Crippen MR) is 97.6 cm³/mol. The normalized spacial score (nSPS) is 10.9. The summed E-state index contributed by atoms with van der Waals surface area (Å²) in [7, 11) is 0. The number of ether oxygens (including phenoxy) is 1. The molecule has 0 aliphatic rings. The van der Waals surface area contributed by atoms with Crippen LogP contribution in [0.25, 0.3) is 21.5 Å². The molecule has 0 aliphatic heterocycles. The van der Waals surface area contributed by atoms with Crippen LogP contribution in [0.2, 0.25) is 0 Å². The van der Waals surface area contributed by atoms with E-state index in [1.165, 1.54) is 0 Å². The molecular weight excluding hydrogens is 296 g/mol. The Labute approximate surface area is 140 Å². The number of rotatable bonds is 2. The number of carbonyl (C=O) groups is 1. The van der Waals surface area contributed by atoms with Gasteiger partial charge in [-0.1, -0.05) is 66.2 Å². The second-order valence-electron chi connectivity index (χ2n) is 5.90. The second-order valence-corrected chi connectivity index (χ2v) is 5.90. The smallest absolute Gasteiger partial charge is 0.343 e. The van der Waals surface area contributed by atoms with E-state index in [0.717, 1.165) is 27.1 Å². The Morgan fingerprint density at radius 2 is 1.29 bits per heavy atom. The molecule has 0 bridgehead atoms. The third kappa shape index (κ3) is 2.52. The van der Waals surface area contributed by atoms with Gasteiger partial charge in [-0.3, -0.25) is 0 Å². The first-order valence-corrected chi connectivity index (χ1v) is 7.92. The second kappa shape index (κ2) is 5.82. The fraction of sp³-hybridized carbons (Fsp3) is 0.0455. The van der Waals surface area contributed by atoms with Gasteiger partial charge in [0.25, 0.3) is 0 Å². The fourth-order valence-corrected chi connectivity index (χ4v) is 2.92. The van der Waals surface area contributed by atoms with Crippen molar-refractivity contribution in [2.24, 2.45) is 0 Å². The lowest BCUT2D eigenvalue weighted by Crippen LogP contribution is -2.09. The molecule has 2 nitrogen and oxygen atoms in total. The van der Waals surface area contributed by atoms with Crippen LogP contribution in [0.4, 0.5) is 0 Å². The van der Waals surface area contributed by atoms with Crippen molar-refractivity contribution >= 4 is 27.5 Å². The van der Waals surface area contributed by atoms with Crippen molar-refractivity contribution in [3.05, 3.63) is 90.0 Å². The quantitative estimate of drug-likeness (QED) is 0.277. The van der Waals surface area contributed by atoms with Crippen LogP contribution in [-0.4, -0.2) is 5.97 Å². The Hall–Kier alpha value is -3.13. The molecule has 0 fully saturated rings. The van der Waals surface area contributed by atoms with Gasteiger partial charge in [-0.15, -0.1) is 0 Å². The van der Waals surface area contributed by atoms with E-state index in [0.29, 0.717) is 11.3 Å². The summed E-state index contributed by atoms with van der Waals surface area (Å²) in [5, 5.41) is 4.00. The molecule has 0 N–H and O–H groups in total. The highest BCUT2D eigenvalue weighted by molar-refractivity contribution is 6.07. The molecule has 0 spiro atoms. The maximum absolute atomic E-state index is 12.6. The van der Waals surface area contributed by atoms with E-state index in [2.05, 4.69) is 6.07 Å². The van der Waals surface area contributed by atoms with Gasteiger partial charge >= 0.3 is 5.97 Å². The van der Waals surface area contributed by atoms with Gasteiger partial charge in [0.2, 0.25) is 0 Å². The average molecular weight is 312 g/mol. The van der Waals surface area contributed by atoms with E-state index >= 15 is 0 Å². The number of fused-ring (bicyclic) bond motifs is 2. The third-order valence-corrected chi connectivity index (χ3v) is 4.20. The zero-order valence-corrected chi connectivity index (χ0v) is 13.3. The number of benzene rings is 4. The average Bonchev–Trinajstić information content (AvgIpc) is 2.62. The Morgan fingerprint density at radius 1 is 0.750 bits per heavy atom. The summed E-state index contributed by atoms with van der Waals surface area (Å²) in [6.07, 6.45) is 0. The van der Waals surface area contributed by atoms with E-state index in [-0.39, 0.29) is 5.97 Å². The van der Waals surface area contributed by atoms with Crippen molar-refractivity contribution in [1.82, 2.24) is 0 Å². The van der Waals surface area contributed by atoms with Crippen molar-refractivity contribution in [3.8, 4) is 5.75 Å². The minimum Gasteiger partial charge on any atom is -0.422 e. The Kier molecular flexibility index (Phi) is 3.51. The van der Waals surface area contributed by atoms with Gasteiger partial charge in [0.1, 0.15) is 5.75 Å². The maximum Gasteiger partial charge on any atom is 0.343 e. The fourth-order valence-electron chi connectivity index (χ4n) is 2.92. The van der Waals surface area contributed by atoms with Gasteiger partial charge in [-0.05, 0) is 35.9 Å². The van der Waals surface area contributed by atoms with Gasteiger partial charge < -0.3 is 4.74 Å². The molecule has 0 heterocycles. The largest absolute Gasteiger partial charge is 0.422 e. The van der Waals surface area contributed by atoms with Crippen LogP contribution in [0.15, 0.2) is 78.9 Å². The predicted octanol–water partition coefficient (Wildman–Crippen LogP) is 5.52. The van der Waals surface area contributed by atoms with Crippen molar-refractivity contribution in [1.29, 1.82) is 0 Å². The molecule has 0 aromatic heterocycles. The lowest BCUT2D eigenvalue weighted by Gasteiger charge is -2.12. The first-order chi connectivity index (χ1) is 11.7. The van der Waals surface area contributed by atoms with Crippen molar-refractivity contribution < 1.29 is 9.53 Å². The maximum atomic E-state index is 12.6. The van der Waals surface area contributed by atoms with E-state index < -0.39 is 0 Å². The summed E-state index contributed by atoms with van der Waals surface area (Å²) in [4.78, 5) is 12.6. The minimum atomic E-state index is -0.337.